The summed E-state index contributed by atoms with van der Waals surface area (Å²) in [6, 6.07) is 16.7. The Morgan fingerprint density at radius 1 is 0.923 bits per heavy atom. The summed E-state index contributed by atoms with van der Waals surface area (Å²) in [6.45, 7) is 2.25. The molecule has 4 aromatic carbocycles. The van der Waals surface area contributed by atoms with Gasteiger partial charge in [0.25, 0.3) is 11.8 Å². The second kappa shape index (κ2) is 18.6. The first-order valence-corrected chi connectivity index (χ1v) is 21.0. The quantitative estimate of drug-likeness (QED) is 0.0491. The summed E-state index contributed by atoms with van der Waals surface area (Å²) in [4.78, 5) is 73.9. The zero-order chi connectivity index (χ0) is 45.9. The lowest BCUT2D eigenvalue weighted by molar-refractivity contribution is -0.136. The third-order valence-corrected chi connectivity index (χ3v) is 11.6. The van der Waals surface area contributed by atoms with Crippen LogP contribution in [0.5, 0.6) is 28.9 Å². The van der Waals surface area contributed by atoms with Crippen molar-refractivity contribution in [1.82, 2.24) is 24.8 Å². The highest BCUT2D eigenvalue weighted by atomic mass is 19.1. The highest BCUT2D eigenvalue weighted by molar-refractivity contribution is 6.07. The van der Waals surface area contributed by atoms with Crippen LogP contribution in [0.1, 0.15) is 70.5 Å². The molecule has 6 aromatic rings. The van der Waals surface area contributed by atoms with Gasteiger partial charge in [0.05, 0.1) is 42.6 Å². The summed E-state index contributed by atoms with van der Waals surface area (Å²) in [7, 11) is 4.72. The zero-order valence-electron chi connectivity index (χ0n) is 36.0. The smallest absolute Gasteiger partial charge is 0.261 e. The monoisotopic (exact) mass is 887 g/mol. The number of amides is 4. The van der Waals surface area contributed by atoms with Crippen LogP contribution in [0.2, 0.25) is 0 Å². The van der Waals surface area contributed by atoms with Crippen molar-refractivity contribution >= 4 is 56.8 Å². The highest BCUT2D eigenvalue weighted by Gasteiger charge is 2.39. The van der Waals surface area contributed by atoms with Crippen molar-refractivity contribution in [2.75, 3.05) is 31.5 Å². The first-order chi connectivity index (χ1) is 31.3. The molecular formula is C47H46FN7O10. The number of anilines is 2. The summed E-state index contributed by atoms with van der Waals surface area (Å²) in [5, 5.41) is 19.5. The number of hydrogen-bond donors (Lipinski definition) is 4. The largest absolute Gasteiger partial charge is 0.497 e. The van der Waals surface area contributed by atoms with E-state index in [0.717, 1.165) is 18.1 Å². The summed E-state index contributed by atoms with van der Waals surface area (Å²) in [5.74, 6) is -1.40. The van der Waals surface area contributed by atoms with E-state index in [1.807, 2.05) is 0 Å². The van der Waals surface area contributed by atoms with Gasteiger partial charge in [-0.3, -0.25) is 29.3 Å². The van der Waals surface area contributed by atoms with E-state index in [9.17, 15) is 29.1 Å². The van der Waals surface area contributed by atoms with Gasteiger partial charge in [-0.15, -0.1) is 0 Å². The molecule has 1 fully saturated rings. The molecule has 0 spiro atoms. The van der Waals surface area contributed by atoms with E-state index >= 15 is 4.39 Å². The number of nitrogens with zero attached hydrogens (tertiary/aromatic N) is 4. The van der Waals surface area contributed by atoms with E-state index < -0.39 is 35.3 Å². The van der Waals surface area contributed by atoms with Crippen molar-refractivity contribution in [3.8, 4) is 28.9 Å². The normalized spacial score (nSPS) is 15.1. The standard InChI is InChI=1S/C47H46FN7O10/c1-25-42(43(58)32-20-29(62-3)11-13-35(32)54(25)2)45(60)52-28-10-15-37(33(48)19-28)65-46-31-21-38(63-4)39(22-34(31)49-24-50-46)64-17-7-5-6-8-40(56)51-27-9-12-30-26(18-27)23-55(47(30)61)36-14-16-41(57)53-44(36)59/h9-13,15,18-22,24,36,40,51,56H,5-8,14,16-17,23H2,1-4H3,(H,52,60)(H,53,57,59). The number of methoxy groups -OCH3 is 2. The number of rotatable bonds is 16. The van der Waals surface area contributed by atoms with Crippen molar-refractivity contribution in [1.29, 1.82) is 0 Å². The van der Waals surface area contributed by atoms with E-state index in [-0.39, 0.29) is 54.1 Å². The van der Waals surface area contributed by atoms with Crippen LogP contribution in [0, 0.1) is 12.7 Å². The van der Waals surface area contributed by atoms with E-state index in [4.69, 9.17) is 18.9 Å². The summed E-state index contributed by atoms with van der Waals surface area (Å²) in [6.07, 6.45) is 3.47. The maximum Gasteiger partial charge on any atom is 0.261 e. The molecule has 1 saturated heterocycles. The van der Waals surface area contributed by atoms with E-state index in [2.05, 4.69) is 25.9 Å². The molecule has 2 aliphatic rings. The van der Waals surface area contributed by atoms with E-state index in [0.29, 0.717) is 81.9 Å². The number of pyridine rings is 1. The molecule has 2 aromatic heterocycles. The van der Waals surface area contributed by atoms with Crippen LogP contribution in [0.15, 0.2) is 77.9 Å². The average Bonchev–Trinajstić information content (AvgIpc) is 3.61. The number of aliphatic hydroxyl groups is 1. The number of nitrogens with one attached hydrogen (secondary N) is 3. The Kier molecular flexibility index (Phi) is 12.6. The lowest BCUT2D eigenvalue weighted by Gasteiger charge is -2.29. The van der Waals surface area contributed by atoms with E-state index in [1.54, 1.807) is 67.1 Å². The number of piperidine rings is 1. The predicted molar refractivity (Wildman–Crippen MR) is 237 cm³/mol. The minimum atomic E-state index is -0.839. The molecule has 0 bridgehead atoms. The van der Waals surface area contributed by atoms with Gasteiger partial charge in [-0.25, -0.2) is 14.4 Å². The van der Waals surface area contributed by atoms with Crippen LogP contribution < -0.4 is 40.3 Å². The summed E-state index contributed by atoms with van der Waals surface area (Å²) < 4.78 is 40.1. The molecule has 0 aliphatic carbocycles. The molecule has 18 heteroatoms. The van der Waals surface area contributed by atoms with Gasteiger partial charge in [-0.1, -0.05) is 0 Å². The van der Waals surface area contributed by atoms with Gasteiger partial charge >= 0.3 is 0 Å². The first kappa shape index (κ1) is 44.0. The number of hydrogen-bond acceptors (Lipinski definition) is 13. The number of aryl methyl sites for hydroxylation is 1. The number of carbonyl (C=O) groups excluding carboxylic acids is 4. The third kappa shape index (κ3) is 9.10. The van der Waals surface area contributed by atoms with Crippen molar-refractivity contribution in [2.45, 2.75) is 64.3 Å². The molecule has 2 atom stereocenters. The lowest BCUT2D eigenvalue weighted by atomic mass is 10.0. The average molecular weight is 888 g/mol. The Bertz CT molecular complexity index is 2940. The molecule has 2 aliphatic heterocycles. The van der Waals surface area contributed by atoms with Gasteiger partial charge in [0, 0.05) is 54.8 Å². The second-order valence-electron chi connectivity index (χ2n) is 15.8. The summed E-state index contributed by atoms with van der Waals surface area (Å²) >= 11 is 0. The topological polar surface area (TPSA) is 213 Å². The molecule has 336 valence electrons. The van der Waals surface area contributed by atoms with Crippen LogP contribution in [-0.4, -0.2) is 81.3 Å². The number of unbranched alkanes of at least 4 members (excludes halogenated alkanes) is 2. The predicted octanol–water partition coefficient (Wildman–Crippen LogP) is 6.12. The second-order valence-corrected chi connectivity index (χ2v) is 15.8. The minimum Gasteiger partial charge on any atom is -0.497 e. The molecule has 4 heterocycles. The highest BCUT2D eigenvalue weighted by Crippen LogP contribution is 2.37. The van der Waals surface area contributed by atoms with Gasteiger partial charge in [0.15, 0.2) is 23.1 Å². The molecule has 0 saturated carbocycles. The van der Waals surface area contributed by atoms with Gasteiger partial charge in [0.1, 0.15) is 29.9 Å². The molecule has 65 heavy (non-hydrogen) atoms. The fourth-order valence-electron chi connectivity index (χ4n) is 8.11. The van der Waals surface area contributed by atoms with Gasteiger partial charge in [-0.2, -0.15) is 0 Å². The Balaban J connectivity index is 0.836. The van der Waals surface area contributed by atoms with Crippen molar-refractivity contribution < 1.29 is 47.6 Å². The molecule has 17 nitrogen and oxygen atoms in total. The SMILES string of the molecule is COc1ccc2c(c1)c(=O)c(C(=O)Nc1ccc(Oc3ncnc4cc(OCCCCCC(O)Nc5ccc6c(c5)CN(C5CCC(=O)NC5=O)C6=O)c(OC)cc34)c(F)c1)c(C)n2C. The van der Waals surface area contributed by atoms with Gasteiger partial charge in [-0.05, 0) is 99.2 Å². The Labute approximate surface area is 371 Å². The number of benzene rings is 4. The molecule has 4 N–H and O–H groups in total. The van der Waals surface area contributed by atoms with Crippen LogP contribution in [0.3, 0.4) is 0 Å². The Morgan fingerprint density at radius 3 is 2.51 bits per heavy atom. The molecule has 0 radical (unpaired) electrons. The van der Waals surface area contributed by atoms with E-state index in [1.165, 1.54) is 37.6 Å². The van der Waals surface area contributed by atoms with Crippen LogP contribution >= 0.6 is 0 Å². The van der Waals surface area contributed by atoms with Crippen LogP contribution in [0.25, 0.3) is 21.8 Å². The first-order valence-electron chi connectivity index (χ1n) is 21.0. The minimum absolute atomic E-state index is 0.0518. The molecule has 8 rings (SSSR count). The van der Waals surface area contributed by atoms with Crippen LogP contribution in [-0.2, 0) is 23.2 Å². The van der Waals surface area contributed by atoms with Crippen molar-refractivity contribution in [2.24, 2.45) is 7.05 Å². The maximum atomic E-state index is 15.5. The Morgan fingerprint density at radius 2 is 1.74 bits per heavy atom. The third-order valence-electron chi connectivity index (χ3n) is 11.6. The van der Waals surface area contributed by atoms with Crippen molar-refractivity contribution in [3.63, 3.8) is 0 Å². The maximum absolute atomic E-state index is 15.5. The summed E-state index contributed by atoms with van der Waals surface area (Å²) in [5.41, 5.74) is 2.94. The number of halogens is 1. The molecule has 2 unspecified atom stereocenters. The lowest BCUT2D eigenvalue weighted by Crippen LogP contribution is -2.52. The number of imide groups is 1. The zero-order valence-corrected chi connectivity index (χ0v) is 36.0. The molecule has 4 amide bonds. The van der Waals surface area contributed by atoms with Gasteiger partial charge in [0.2, 0.25) is 23.1 Å². The number of aliphatic hydroxyl groups excluding tert-OH is 1. The number of aromatic nitrogens is 3. The molecular weight excluding hydrogens is 842 g/mol. The number of ether oxygens (including phenoxy) is 4. The fourth-order valence-corrected chi connectivity index (χ4v) is 8.11. The fraction of sp³-hybridized carbons (Fsp3) is 0.298. The number of carbonyl (C=O) groups is 4. The Hall–Kier alpha value is -7.60. The van der Waals surface area contributed by atoms with Gasteiger partial charge < -0.3 is 44.2 Å². The van der Waals surface area contributed by atoms with Crippen LogP contribution in [0.4, 0.5) is 15.8 Å². The number of fused-ring (bicyclic) bond motifs is 3. The van der Waals surface area contributed by atoms with Crippen molar-refractivity contribution in [3.05, 3.63) is 111 Å².